The number of fused-ring (bicyclic) bond motifs is 1. The number of allylic oxidation sites excluding steroid dienone is 1. The van der Waals surface area contributed by atoms with E-state index in [1.807, 2.05) is 6.08 Å². The number of hydrogen-bond acceptors (Lipinski definition) is 2. The van der Waals surface area contributed by atoms with Crippen molar-refractivity contribution in [2.45, 2.75) is 64.9 Å². The Bertz CT molecular complexity index is 464. The number of rotatable bonds is 3. The summed E-state index contributed by atoms with van der Waals surface area (Å²) in [6.07, 6.45) is 12.1. The Hall–Kier alpha value is -1.05. The highest BCUT2D eigenvalue weighted by molar-refractivity contribution is 5.84. The van der Waals surface area contributed by atoms with Crippen LogP contribution in [-0.2, 0) is 9.53 Å². The average Bonchev–Trinajstić information content (AvgIpc) is 2.83. The van der Waals surface area contributed by atoms with Gasteiger partial charge in [-0.25, -0.2) is 4.79 Å². The third-order valence-electron chi connectivity index (χ3n) is 6.43. The zero-order chi connectivity index (χ0) is 15.0. The number of cyclic esters (lactones) is 1. The van der Waals surface area contributed by atoms with Gasteiger partial charge in [0.15, 0.2) is 0 Å². The highest BCUT2D eigenvalue weighted by atomic mass is 16.5. The predicted molar refractivity (Wildman–Crippen MR) is 84.7 cm³/mol. The molecule has 0 spiro atoms. The summed E-state index contributed by atoms with van der Waals surface area (Å²) in [7, 11) is 0. The molecule has 0 aromatic carbocycles. The van der Waals surface area contributed by atoms with Crippen molar-refractivity contribution in [3.63, 3.8) is 0 Å². The Labute approximate surface area is 128 Å². The molecule has 0 aromatic heterocycles. The zero-order valence-corrected chi connectivity index (χ0v) is 13.4. The summed E-state index contributed by atoms with van der Waals surface area (Å²) >= 11 is 0. The first-order valence-corrected chi connectivity index (χ1v) is 8.57. The molecule has 2 fully saturated rings. The first-order chi connectivity index (χ1) is 10.0. The zero-order valence-electron chi connectivity index (χ0n) is 13.4. The first kappa shape index (κ1) is 14.9. The van der Waals surface area contributed by atoms with Gasteiger partial charge in [0, 0.05) is 6.08 Å². The molecule has 2 saturated carbocycles. The van der Waals surface area contributed by atoms with Crippen molar-refractivity contribution in [1.29, 1.82) is 0 Å². The van der Waals surface area contributed by atoms with Gasteiger partial charge in [-0.2, -0.15) is 0 Å². The lowest BCUT2D eigenvalue weighted by molar-refractivity contribution is -0.139. The number of ether oxygens (including phenoxy) is 1. The minimum atomic E-state index is -0.183. The molecule has 5 atom stereocenters. The van der Waals surface area contributed by atoms with Crippen LogP contribution in [0.1, 0.15) is 58.8 Å². The second kappa shape index (κ2) is 5.62. The van der Waals surface area contributed by atoms with Crippen molar-refractivity contribution in [1.82, 2.24) is 0 Å². The fourth-order valence-corrected chi connectivity index (χ4v) is 5.30. The largest absolute Gasteiger partial charge is 0.455 e. The molecule has 2 heteroatoms. The number of carbonyl (C=O) groups is 1. The van der Waals surface area contributed by atoms with Crippen molar-refractivity contribution < 1.29 is 9.53 Å². The van der Waals surface area contributed by atoms with E-state index < -0.39 is 0 Å². The second-order valence-electron chi connectivity index (χ2n) is 7.64. The van der Waals surface area contributed by atoms with Crippen molar-refractivity contribution in [2.75, 3.05) is 0 Å². The molecule has 1 heterocycles. The molecule has 0 aromatic rings. The minimum absolute atomic E-state index is 0.00436. The van der Waals surface area contributed by atoms with Crippen LogP contribution in [0.15, 0.2) is 24.3 Å². The van der Waals surface area contributed by atoms with Gasteiger partial charge in [0.2, 0.25) is 0 Å². The third kappa shape index (κ3) is 2.69. The van der Waals surface area contributed by atoms with Gasteiger partial charge < -0.3 is 4.74 Å². The molecule has 0 amide bonds. The van der Waals surface area contributed by atoms with Gasteiger partial charge in [0.25, 0.3) is 0 Å². The van der Waals surface area contributed by atoms with E-state index in [0.29, 0.717) is 11.3 Å². The van der Waals surface area contributed by atoms with Crippen LogP contribution in [0.25, 0.3) is 0 Å². The lowest BCUT2D eigenvalue weighted by Gasteiger charge is -2.54. The van der Waals surface area contributed by atoms with Gasteiger partial charge in [0.1, 0.15) is 6.10 Å². The predicted octanol–water partition coefficient (Wildman–Crippen LogP) is 4.66. The summed E-state index contributed by atoms with van der Waals surface area (Å²) in [5, 5.41) is 0. The first-order valence-electron chi connectivity index (χ1n) is 8.57. The number of carbonyl (C=O) groups excluding carboxylic acids is 1. The highest BCUT2D eigenvalue weighted by Gasteiger charge is 2.48. The van der Waals surface area contributed by atoms with E-state index in [4.69, 9.17) is 4.74 Å². The van der Waals surface area contributed by atoms with Crippen LogP contribution in [-0.4, -0.2) is 12.1 Å². The topological polar surface area (TPSA) is 26.3 Å². The monoisotopic (exact) mass is 288 g/mol. The summed E-state index contributed by atoms with van der Waals surface area (Å²) in [5.74, 6) is 2.12. The molecule has 3 aliphatic rings. The summed E-state index contributed by atoms with van der Waals surface area (Å²) in [6.45, 7) is 9.33. The maximum Gasteiger partial charge on any atom is 0.331 e. The molecule has 5 unspecified atom stereocenters. The average molecular weight is 288 g/mol. The molecule has 3 rings (SSSR count). The Morgan fingerprint density at radius 3 is 2.90 bits per heavy atom. The fourth-order valence-electron chi connectivity index (χ4n) is 5.30. The molecule has 2 aliphatic carbocycles. The second-order valence-corrected chi connectivity index (χ2v) is 7.64. The number of hydrogen-bond donors (Lipinski definition) is 0. The fraction of sp³-hybridized carbons (Fsp3) is 0.737. The van der Waals surface area contributed by atoms with Crippen molar-refractivity contribution in [3.05, 3.63) is 24.3 Å². The smallest absolute Gasteiger partial charge is 0.331 e. The molecule has 0 bridgehead atoms. The van der Waals surface area contributed by atoms with Gasteiger partial charge in [-0.3, -0.25) is 0 Å². The molecule has 116 valence electrons. The molecular formula is C19H28O2. The third-order valence-corrected chi connectivity index (χ3v) is 6.43. The summed E-state index contributed by atoms with van der Waals surface area (Å²) in [5.41, 5.74) is 1.86. The van der Waals surface area contributed by atoms with Crippen molar-refractivity contribution in [3.8, 4) is 0 Å². The lowest BCUT2D eigenvalue weighted by Crippen LogP contribution is -2.45. The van der Waals surface area contributed by atoms with E-state index >= 15 is 0 Å². The standard InChI is InChI=1S/C19H28O2/c1-13-5-4-12-19(3)16(13)9-6-14(2)17(19)10-7-15-8-11-18(20)21-15/h8,11,13,15-17H,2,4-7,9-10,12H2,1,3H3. The van der Waals surface area contributed by atoms with Crippen LogP contribution in [0.4, 0.5) is 0 Å². The van der Waals surface area contributed by atoms with Crippen LogP contribution in [0.5, 0.6) is 0 Å². The van der Waals surface area contributed by atoms with E-state index in [0.717, 1.165) is 24.7 Å². The summed E-state index contributed by atoms with van der Waals surface area (Å²) < 4.78 is 5.30. The van der Waals surface area contributed by atoms with E-state index in [1.54, 1.807) is 6.08 Å². The van der Waals surface area contributed by atoms with Crippen LogP contribution in [0.2, 0.25) is 0 Å². The van der Waals surface area contributed by atoms with E-state index in [2.05, 4.69) is 20.4 Å². The molecule has 1 aliphatic heterocycles. The SMILES string of the molecule is C=C1CCC2C(C)CCCC2(C)C1CCC1C=CC(=O)O1. The van der Waals surface area contributed by atoms with Crippen molar-refractivity contribution in [2.24, 2.45) is 23.2 Å². The van der Waals surface area contributed by atoms with Crippen LogP contribution < -0.4 is 0 Å². The van der Waals surface area contributed by atoms with Gasteiger partial charge in [-0.1, -0.05) is 38.8 Å². The van der Waals surface area contributed by atoms with E-state index in [1.165, 1.54) is 37.7 Å². The summed E-state index contributed by atoms with van der Waals surface area (Å²) in [4.78, 5) is 11.2. The molecule has 0 saturated heterocycles. The van der Waals surface area contributed by atoms with Gasteiger partial charge in [-0.15, -0.1) is 0 Å². The van der Waals surface area contributed by atoms with Crippen LogP contribution in [0, 0.1) is 23.2 Å². The van der Waals surface area contributed by atoms with Crippen LogP contribution >= 0.6 is 0 Å². The maximum absolute atomic E-state index is 11.2. The quantitative estimate of drug-likeness (QED) is 0.558. The van der Waals surface area contributed by atoms with E-state index in [-0.39, 0.29) is 12.1 Å². The summed E-state index contributed by atoms with van der Waals surface area (Å²) in [6, 6.07) is 0. The Kier molecular flexibility index (Phi) is 3.98. The van der Waals surface area contributed by atoms with E-state index in [9.17, 15) is 4.79 Å². The molecule has 0 N–H and O–H groups in total. The minimum Gasteiger partial charge on any atom is -0.455 e. The van der Waals surface area contributed by atoms with Gasteiger partial charge in [0.05, 0.1) is 0 Å². The molecule has 21 heavy (non-hydrogen) atoms. The Balaban J connectivity index is 1.70. The van der Waals surface area contributed by atoms with Gasteiger partial charge >= 0.3 is 5.97 Å². The van der Waals surface area contributed by atoms with Gasteiger partial charge in [-0.05, 0) is 61.3 Å². The van der Waals surface area contributed by atoms with Crippen molar-refractivity contribution >= 4 is 5.97 Å². The molecular weight excluding hydrogens is 260 g/mol. The molecule has 2 nitrogen and oxygen atoms in total. The Morgan fingerprint density at radius 1 is 1.38 bits per heavy atom. The normalized spacial score (nSPS) is 42.8. The van der Waals surface area contributed by atoms with Crippen LogP contribution in [0.3, 0.4) is 0 Å². The molecule has 0 radical (unpaired) electrons. The highest BCUT2D eigenvalue weighted by Crippen LogP contribution is 2.57. The number of esters is 1. The lowest BCUT2D eigenvalue weighted by atomic mass is 9.51. The Morgan fingerprint density at radius 2 is 2.19 bits per heavy atom. The maximum atomic E-state index is 11.2.